The maximum Gasteiger partial charge on any atom is 0.142 e. The second-order valence-corrected chi connectivity index (χ2v) is 4.78. The fourth-order valence-electron chi connectivity index (χ4n) is 1.69. The summed E-state index contributed by atoms with van der Waals surface area (Å²) in [4.78, 5) is 0. The van der Waals surface area contributed by atoms with Gasteiger partial charge in [-0.25, -0.2) is 0 Å². The number of anilines is 3. The normalized spacial score (nSPS) is 10.1. The third-order valence-electron chi connectivity index (χ3n) is 2.67. The summed E-state index contributed by atoms with van der Waals surface area (Å²) in [5.41, 5.74) is 8.15. The maximum absolute atomic E-state index is 5.72. The van der Waals surface area contributed by atoms with Gasteiger partial charge in [0, 0.05) is 16.2 Å². The van der Waals surface area contributed by atoms with Crippen LogP contribution in [0.25, 0.3) is 0 Å². The van der Waals surface area contributed by atoms with E-state index in [1.807, 2.05) is 36.4 Å². The minimum atomic E-state index is 0.704. The van der Waals surface area contributed by atoms with E-state index in [1.54, 1.807) is 14.2 Å². The molecule has 0 aliphatic rings. The van der Waals surface area contributed by atoms with Gasteiger partial charge in [-0.15, -0.1) is 0 Å². The van der Waals surface area contributed by atoms with Crippen molar-refractivity contribution in [1.29, 1.82) is 0 Å². The van der Waals surface area contributed by atoms with Gasteiger partial charge in [0.1, 0.15) is 11.5 Å². The molecule has 5 heteroatoms. The lowest BCUT2D eigenvalue weighted by atomic mass is 10.2. The molecule has 0 bridgehead atoms. The number of nitrogens with one attached hydrogen (secondary N) is 1. The van der Waals surface area contributed by atoms with E-state index in [2.05, 4.69) is 21.2 Å². The Hall–Kier alpha value is -1.88. The quantitative estimate of drug-likeness (QED) is 0.841. The summed E-state index contributed by atoms with van der Waals surface area (Å²) in [5, 5.41) is 3.29. The molecule has 19 heavy (non-hydrogen) atoms. The Morgan fingerprint density at radius 2 is 1.79 bits per heavy atom. The first kappa shape index (κ1) is 13.5. The zero-order valence-corrected chi connectivity index (χ0v) is 12.3. The predicted octanol–water partition coefficient (Wildman–Crippen LogP) is 3.79. The van der Waals surface area contributed by atoms with E-state index in [4.69, 9.17) is 15.2 Å². The molecule has 2 rings (SSSR count). The molecular weight excluding hydrogens is 308 g/mol. The molecule has 0 unspecified atom stereocenters. The van der Waals surface area contributed by atoms with Gasteiger partial charge < -0.3 is 20.5 Å². The lowest BCUT2D eigenvalue weighted by Gasteiger charge is -2.14. The van der Waals surface area contributed by atoms with Gasteiger partial charge in [-0.2, -0.15) is 0 Å². The van der Waals surface area contributed by atoms with Crippen LogP contribution in [-0.2, 0) is 0 Å². The Balaban J connectivity index is 2.36. The Labute approximate surface area is 120 Å². The van der Waals surface area contributed by atoms with Crippen molar-refractivity contribution in [3.63, 3.8) is 0 Å². The summed E-state index contributed by atoms with van der Waals surface area (Å²) in [7, 11) is 3.26. The van der Waals surface area contributed by atoms with Crippen LogP contribution in [0.1, 0.15) is 0 Å². The van der Waals surface area contributed by atoms with Crippen LogP contribution >= 0.6 is 15.9 Å². The molecule has 100 valence electrons. The first-order valence-electron chi connectivity index (χ1n) is 5.68. The van der Waals surface area contributed by atoms with Crippen LogP contribution in [0.3, 0.4) is 0 Å². The molecule has 0 aliphatic carbocycles. The van der Waals surface area contributed by atoms with Gasteiger partial charge in [-0.05, 0) is 46.3 Å². The van der Waals surface area contributed by atoms with Crippen molar-refractivity contribution in [2.24, 2.45) is 0 Å². The van der Waals surface area contributed by atoms with Gasteiger partial charge in [-0.3, -0.25) is 0 Å². The summed E-state index contributed by atoms with van der Waals surface area (Å²) in [6.45, 7) is 0. The molecule has 0 amide bonds. The average Bonchev–Trinajstić information content (AvgIpc) is 2.41. The number of nitrogen functional groups attached to an aromatic ring is 1. The lowest BCUT2D eigenvalue weighted by molar-refractivity contribution is 0.405. The molecule has 0 atom stereocenters. The third-order valence-corrected chi connectivity index (χ3v) is 3.33. The van der Waals surface area contributed by atoms with Crippen molar-refractivity contribution < 1.29 is 9.47 Å². The summed E-state index contributed by atoms with van der Waals surface area (Å²) in [6, 6.07) is 11.2. The van der Waals surface area contributed by atoms with Crippen LogP contribution in [0.2, 0.25) is 0 Å². The third kappa shape index (κ3) is 3.12. The van der Waals surface area contributed by atoms with Crippen molar-refractivity contribution in [3.8, 4) is 11.5 Å². The molecule has 4 nitrogen and oxygen atoms in total. The van der Waals surface area contributed by atoms with E-state index in [0.29, 0.717) is 5.69 Å². The number of benzene rings is 2. The molecule has 0 radical (unpaired) electrons. The number of nitrogens with two attached hydrogens (primary N) is 1. The number of rotatable bonds is 4. The minimum absolute atomic E-state index is 0.704. The number of methoxy groups -OCH3 is 2. The largest absolute Gasteiger partial charge is 0.497 e. The van der Waals surface area contributed by atoms with Crippen LogP contribution in [0.4, 0.5) is 17.1 Å². The van der Waals surface area contributed by atoms with Gasteiger partial charge in [0.15, 0.2) is 0 Å². The summed E-state index contributed by atoms with van der Waals surface area (Å²) in [5.74, 6) is 1.50. The average molecular weight is 323 g/mol. The SMILES string of the molecule is COc1ccc(OC)c(Nc2ccc(N)cc2Br)c1. The molecule has 0 saturated carbocycles. The maximum atomic E-state index is 5.72. The number of halogens is 1. The first-order valence-corrected chi connectivity index (χ1v) is 6.47. The summed E-state index contributed by atoms with van der Waals surface area (Å²) in [6.07, 6.45) is 0. The van der Waals surface area contributed by atoms with Crippen LogP contribution < -0.4 is 20.5 Å². The van der Waals surface area contributed by atoms with E-state index in [9.17, 15) is 0 Å². The van der Waals surface area contributed by atoms with Gasteiger partial charge in [0.25, 0.3) is 0 Å². The van der Waals surface area contributed by atoms with Crippen molar-refractivity contribution >= 4 is 33.0 Å². The zero-order valence-electron chi connectivity index (χ0n) is 10.7. The highest BCUT2D eigenvalue weighted by Crippen LogP contribution is 2.34. The molecule has 0 spiro atoms. The highest BCUT2D eigenvalue weighted by molar-refractivity contribution is 9.10. The number of hydrogen-bond acceptors (Lipinski definition) is 4. The zero-order chi connectivity index (χ0) is 13.8. The minimum Gasteiger partial charge on any atom is -0.497 e. The van der Waals surface area contributed by atoms with E-state index < -0.39 is 0 Å². The van der Waals surface area contributed by atoms with Crippen LogP contribution in [0, 0.1) is 0 Å². The summed E-state index contributed by atoms with van der Waals surface area (Å²) < 4.78 is 11.4. The summed E-state index contributed by atoms with van der Waals surface area (Å²) >= 11 is 3.47. The second-order valence-electron chi connectivity index (χ2n) is 3.93. The molecule has 2 aromatic carbocycles. The standard InChI is InChI=1S/C14H15BrN2O2/c1-18-10-4-6-14(19-2)13(8-10)17-12-5-3-9(16)7-11(12)15/h3-8,17H,16H2,1-2H3. The van der Waals surface area contributed by atoms with Gasteiger partial charge in [-0.1, -0.05) is 0 Å². The van der Waals surface area contributed by atoms with Crippen LogP contribution in [0.5, 0.6) is 11.5 Å². The van der Waals surface area contributed by atoms with Crippen LogP contribution in [0.15, 0.2) is 40.9 Å². The second kappa shape index (κ2) is 5.84. The molecule has 0 aromatic heterocycles. The molecule has 0 heterocycles. The van der Waals surface area contributed by atoms with E-state index in [0.717, 1.165) is 27.3 Å². The smallest absolute Gasteiger partial charge is 0.142 e. The Morgan fingerprint density at radius 3 is 2.42 bits per heavy atom. The monoisotopic (exact) mass is 322 g/mol. The van der Waals surface area contributed by atoms with Crippen molar-refractivity contribution in [3.05, 3.63) is 40.9 Å². The van der Waals surface area contributed by atoms with E-state index >= 15 is 0 Å². The fourth-order valence-corrected chi connectivity index (χ4v) is 2.19. The topological polar surface area (TPSA) is 56.5 Å². The Kier molecular flexibility index (Phi) is 4.16. The van der Waals surface area contributed by atoms with Crippen molar-refractivity contribution in [1.82, 2.24) is 0 Å². The van der Waals surface area contributed by atoms with E-state index in [1.165, 1.54) is 0 Å². The fraction of sp³-hybridized carbons (Fsp3) is 0.143. The predicted molar refractivity (Wildman–Crippen MR) is 81.4 cm³/mol. The van der Waals surface area contributed by atoms with Crippen molar-refractivity contribution in [2.75, 3.05) is 25.3 Å². The van der Waals surface area contributed by atoms with Gasteiger partial charge in [0.05, 0.1) is 25.6 Å². The lowest BCUT2D eigenvalue weighted by Crippen LogP contribution is -1.97. The molecule has 2 aromatic rings. The highest BCUT2D eigenvalue weighted by atomic mass is 79.9. The van der Waals surface area contributed by atoms with Gasteiger partial charge in [0.2, 0.25) is 0 Å². The van der Waals surface area contributed by atoms with Crippen LogP contribution in [-0.4, -0.2) is 14.2 Å². The van der Waals surface area contributed by atoms with E-state index in [-0.39, 0.29) is 0 Å². The number of ether oxygens (including phenoxy) is 2. The number of hydrogen-bond donors (Lipinski definition) is 2. The molecular formula is C14H15BrN2O2. The molecule has 0 fully saturated rings. The molecule has 0 saturated heterocycles. The van der Waals surface area contributed by atoms with Gasteiger partial charge >= 0.3 is 0 Å². The molecule has 0 aliphatic heterocycles. The Morgan fingerprint density at radius 1 is 1.00 bits per heavy atom. The highest BCUT2D eigenvalue weighted by Gasteiger charge is 2.07. The Bertz CT molecular complexity index is 588. The van der Waals surface area contributed by atoms with Crippen molar-refractivity contribution in [2.45, 2.75) is 0 Å². The first-order chi connectivity index (χ1) is 9.13. The molecule has 3 N–H and O–H groups in total.